The van der Waals surface area contributed by atoms with Crippen LogP contribution in [-0.4, -0.2) is 30.7 Å². The largest absolute Gasteiger partial charge is 0.490 e. The maximum Gasteiger partial charge on any atom is 0.255 e. The van der Waals surface area contributed by atoms with E-state index in [2.05, 4.69) is 26.2 Å². The average molecular weight is 525 g/mol. The highest BCUT2D eigenvalue weighted by Crippen LogP contribution is 2.39. The molecule has 34 heavy (non-hydrogen) atoms. The van der Waals surface area contributed by atoms with Crippen molar-refractivity contribution >= 4 is 38.6 Å². The van der Waals surface area contributed by atoms with Crippen LogP contribution in [0.25, 0.3) is 22.6 Å². The molecule has 3 aromatic carbocycles. The second kappa shape index (κ2) is 10.6. The highest BCUT2D eigenvalue weighted by molar-refractivity contribution is 9.10. The third-order valence-electron chi connectivity index (χ3n) is 4.91. The second-order valence-electron chi connectivity index (χ2n) is 7.26. The standard InChI is InChI=1S/C26H25BrN2O5/c1-4-31-22-13-17(14-23(32-5-2)24(22)33-6-3)25(30)28-19-11-12-21-20(15-19)29-26(34-21)16-7-9-18(27)10-8-16/h7-15H,4-6H2,1-3H3,(H,28,30). The van der Waals surface area contributed by atoms with Crippen LogP contribution in [0.2, 0.25) is 0 Å². The van der Waals surface area contributed by atoms with Gasteiger partial charge in [0.05, 0.1) is 19.8 Å². The van der Waals surface area contributed by atoms with Crippen molar-refractivity contribution in [1.82, 2.24) is 4.98 Å². The summed E-state index contributed by atoms with van der Waals surface area (Å²) < 4.78 is 24.0. The first kappa shape index (κ1) is 23.6. The van der Waals surface area contributed by atoms with Crippen LogP contribution in [0.3, 0.4) is 0 Å². The normalized spacial score (nSPS) is 10.8. The molecule has 4 aromatic rings. The maximum absolute atomic E-state index is 13.1. The Kier molecular flexibility index (Phi) is 7.37. The number of nitrogens with one attached hydrogen (secondary N) is 1. The Labute approximate surface area is 206 Å². The number of halogens is 1. The Bertz CT molecular complexity index is 1270. The lowest BCUT2D eigenvalue weighted by Crippen LogP contribution is -2.13. The lowest BCUT2D eigenvalue weighted by atomic mass is 10.1. The summed E-state index contributed by atoms with van der Waals surface area (Å²) >= 11 is 3.43. The number of fused-ring (bicyclic) bond motifs is 1. The molecule has 7 nitrogen and oxygen atoms in total. The molecular weight excluding hydrogens is 500 g/mol. The molecule has 0 radical (unpaired) electrons. The summed E-state index contributed by atoms with van der Waals surface area (Å²) in [5.74, 6) is 1.63. The number of rotatable bonds is 9. The summed E-state index contributed by atoms with van der Waals surface area (Å²) in [5, 5.41) is 2.92. The van der Waals surface area contributed by atoms with E-state index in [9.17, 15) is 4.79 Å². The van der Waals surface area contributed by atoms with Gasteiger partial charge in [0.2, 0.25) is 11.6 Å². The Morgan fingerprint density at radius 3 is 2.18 bits per heavy atom. The first-order valence-corrected chi connectivity index (χ1v) is 11.9. The highest BCUT2D eigenvalue weighted by Gasteiger charge is 2.19. The van der Waals surface area contributed by atoms with E-state index >= 15 is 0 Å². The number of aromatic nitrogens is 1. The molecule has 0 aliphatic carbocycles. The molecule has 0 fully saturated rings. The van der Waals surface area contributed by atoms with E-state index in [0.29, 0.717) is 65.3 Å². The highest BCUT2D eigenvalue weighted by atomic mass is 79.9. The molecule has 1 N–H and O–H groups in total. The Morgan fingerprint density at radius 2 is 1.56 bits per heavy atom. The molecular formula is C26H25BrN2O5. The molecule has 0 bridgehead atoms. The Morgan fingerprint density at radius 1 is 0.912 bits per heavy atom. The summed E-state index contributed by atoms with van der Waals surface area (Å²) in [4.78, 5) is 17.7. The topological polar surface area (TPSA) is 82.8 Å². The van der Waals surface area contributed by atoms with Gasteiger partial charge in [0.1, 0.15) is 5.52 Å². The van der Waals surface area contributed by atoms with Crippen molar-refractivity contribution < 1.29 is 23.4 Å². The molecule has 0 aliphatic rings. The van der Waals surface area contributed by atoms with Gasteiger partial charge in [-0.2, -0.15) is 0 Å². The molecule has 1 heterocycles. The molecule has 1 aromatic heterocycles. The third kappa shape index (κ3) is 5.17. The molecule has 176 valence electrons. The summed E-state index contributed by atoms with van der Waals surface area (Å²) in [6.07, 6.45) is 0. The van der Waals surface area contributed by atoms with Gasteiger partial charge < -0.3 is 23.9 Å². The quantitative estimate of drug-likeness (QED) is 0.262. The molecule has 0 aliphatic heterocycles. The molecule has 0 saturated heterocycles. The number of benzene rings is 3. The molecule has 1 amide bonds. The van der Waals surface area contributed by atoms with Crippen molar-refractivity contribution in [1.29, 1.82) is 0 Å². The van der Waals surface area contributed by atoms with Gasteiger partial charge in [-0.3, -0.25) is 4.79 Å². The first-order valence-electron chi connectivity index (χ1n) is 11.1. The van der Waals surface area contributed by atoms with Crippen LogP contribution in [0.5, 0.6) is 17.2 Å². The number of ether oxygens (including phenoxy) is 3. The van der Waals surface area contributed by atoms with E-state index in [0.717, 1.165) is 10.0 Å². The lowest BCUT2D eigenvalue weighted by molar-refractivity contribution is 0.102. The fraction of sp³-hybridized carbons (Fsp3) is 0.231. The van der Waals surface area contributed by atoms with Crippen LogP contribution in [0.1, 0.15) is 31.1 Å². The number of carbonyl (C=O) groups excluding carboxylic acids is 1. The summed E-state index contributed by atoms with van der Waals surface area (Å²) in [6, 6.07) is 16.4. The SMILES string of the molecule is CCOc1cc(C(=O)Nc2ccc3oc(-c4ccc(Br)cc4)nc3c2)cc(OCC)c1OCC. The summed E-state index contributed by atoms with van der Waals surface area (Å²) in [5.41, 5.74) is 3.14. The molecule has 0 saturated carbocycles. The molecule has 0 unspecified atom stereocenters. The first-order chi connectivity index (χ1) is 16.5. The van der Waals surface area contributed by atoms with E-state index in [-0.39, 0.29) is 5.91 Å². The zero-order valence-corrected chi connectivity index (χ0v) is 20.8. The van der Waals surface area contributed by atoms with Gasteiger partial charge in [-0.15, -0.1) is 0 Å². The second-order valence-corrected chi connectivity index (χ2v) is 8.18. The predicted molar refractivity (Wildman–Crippen MR) is 135 cm³/mol. The minimum atomic E-state index is -0.305. The van der Waals surface area contributed by atoms with Crippen LogP contribution in [0.15, 0.2) is 63.5 Å². The average Bonchev–Trinajstić information content (AvgIpc) is 3.25. The van der Waals surface area contributed by atoms with Gasteiger partial charge >= 0.3 is 0 Å². The van der Waals surface area contributed by atoms with Crippen molar-refractivity contribution in [2.75, 3.05) is 25.1 Å². The van der Waals surface area contributed by atoms with E-state index in [1.165, 1.54) is 0 Å². The van der Waals surface area contributed by atoms with Crippen LogP contribution in [-0.2, 0) is 0 Å². The molecule has 0 atom stereocenters. The van der Waals surface area contributed by atoms with Crippen molar-refractivity contribution in [3.63, 3.8) is 0 Å². The van der Waals surface area contributed by atoms with Crippen molar-refractivity contribution in [2.24, 2.45) is 0 Å². The fourth-order valence-electron chi connectivity index (χ4n) is 3.44. The van der Waals surface area contributed by atoms with Gasteiger partial charge in [0, 0.05) is 21.3 Å². The van der Waals surface area contributed by atoms with Gasteiger partial charge in [-0.05, 0) is 75.4 Å². The van der Waals surface area contributed by atoms with Gasteiger partial charge in [-0.25, -0.2) is 4.98 Å². The van der Waals surface area contributed by atoms with E-state index in [1.54, 1.807) is 30.3 Å². The van der Waals surface area contributed by atoms with Crippen molar-refractivity contribution in [3.8, 4) is 28.7 Å². The van der Waals surface area contributed by atoms with E-state index in [4.69, 9.17) is 18.6 Å². The molecule has 0 spiro atoms. The number of hydrogen-bond donors (Lipinski definition) is 1. The summed E-state index contributed by atoms with van der Waals surface area (Å²) in [6.45, 7) is 6.94. The van der Waals surface area contributed by atoms with Crippen LogP contribution >= 0.6 is 15.9 Å². The van der Waals surface area contributed by atoms with Crippen LogP contribution in [0.4, 0.5) is 5.69 Å². The fourth-order valence-corrected chi connectivity index (χ4v) is 3.71. The van der Waals surface area contributed by atoms with Gasteiger partial charge in [-0.1, -0.05) is 15.9 Å². The number of anilines is 1. The number of oxazole rings is 1. The van der Waals surface area contributed by atoms with Gasteiger partial charge in [0.25, 0.3) is 5.91 Å². The van der Waals surface area contributed by atoms with Gasteiger partial charge in [0.15, 0.2) is 17.1 Å². The minimum absolute atomic E-state index is 0.305. The maximum atomic E-state index is 13.1. The number of amides is 1. The smallest absolute Gasteiger partial charge is 0.255 e. The molecule has 4 rings (SSSR count). The Hall–Kier alpha value is -3.52. The number of carbonyl (C=O) groups is 1. The van der Waals surface area contributed by atoms with E-state index < -0.39 is 0 Å². The van der Waals surface area contributed by atoms with E-state index in [1.807, 2.05) is 45.0 Å². The predicted octanol–water partition coefficient (Wildman–Crippen LogP) is 6.71. The number of hydrogen-bond acceptors (Lipinski definition) is 6. The third-order valence-corrected chi connectivity index (χ3v) is 5.44. The van der Waals surface area contributed by atoms with Crippen LogP contribution in [0, 0.1) is 0 Å². The van der Waals surface area contributed by atoms with Crippen LogP contribution < -0.4 is 19.5 Å². The van der Waals surface area contributed by atoms with Crippen molar-refractivity contribution in [3.05, 3.63) is 64.6 Å². The zero-order chi connectivity index (χ0) is 24.1. The van der Waals surface area contributed by atoms with Crippen molar-refractivity contribution in [2.45, 2.75) is 20.8 Å². The summed E-state index contributed by atoms with van der Waals surface area (Å²) in [7, 11) is 0. The lowest BCUT2D eigenvalue weighted by Gasteiger charge is -2.17. The monoisotopic (exact) mass is 524 g/mol. The zero-order valence-electron chi connectivity index (χ0n) is 19.2. The molecule has 8 heteroatoms. The minimum Gasteiger partial charge on any atom is -0.490 e. The number of nitrogens with zero attached hydrogens (tertiary/aromatic N) is 1. The Balaban J connectivity index is 1.61.